The van der Waals surface area contributed by atoms with E-state index in [1.54, 1.807) is 9.58 Å². The molecule has 20 heavy (non-hydrogen) atoms. The monoisotopic (exact) mass is 343 g/mol. The molecule has 0 aliphatic carbocycles. The van der Waals surface area contributed by atoms with Crippen LogP contribution in [0.1, 0.15) is 18.5 Å². The van der Waals surface area contributed by atoms with Crippen molar-refractivity contribution in [2.24, 2.45) is 7.05 Å². The molecule has 1 N–H and O–H groups in total. The Balaban J connectivity index is 1.80. The average Bonchev–Trinajstić information content (AvgIpc) is 2.93. The first-order valence-electron chi connectivity index (χ1n) is 6.84. The minimum absolute atomic E-state index is 0.0529. The van der Waals surface area contributed by atoms with Crippen LogP contribution < -0.4 is 5.32 Å². The number of likely N-dealkylation sites (N-methyl/N-ethyl adjacent to an activating group) is 2. The van der Waals surface area contributed by atoms with Crippen LogP contribution in [-0.4, -0.2) is 58.8 Å². The van der Waals surface area contributed by atoms with E-state index in [4.69, 9.17) is 0 Å². The van der Waals surface area contributed by atoms with Crippen LogP contribution in [0.4, 0.5) is 4.79 Å². The predicted molar refractivity (Wildman–Crippen MR) is 81.4 cm³/mol. The SMILES string of the molecule is CN(C[C@H]1CCCN1C)C(=O)NCc1nn(C)cc1Br. The maximum atomic E-state index is 12.1. The summed E-state index contributed by atoms with van der Waals surface area (Å²) in [5, 5.41) is 7.19. The van der Waals surface area contributed by atoms with Crippen LogP contribution in [0.3, 0.4) is 0 Å². The summed E-state index contributed by atoms with van der Waals surface area (Å²) >= 11 is 3.43. The molecule has 1 aromatic heterocycles. The van der Waals surface area contributed by atoms with Gasteiger partial charge in [-0.25, -0.2) is 4.79 Å². The van der Waals surface area contributed by atoms with Gasteiger partial charge < -0.3 is 15.1 Å². The van der Waals surface area contributed by atoms with Gasteiger partial charge in [-0.1, -0.05) is 0 Å². The fourth-order valence-electron chi connectivity index (χ4n) is 2.53. The summed E-state index contributed by atoms with van der Waals surface area (Å²) in [5.41, 5.74) is 0.840. The van der Waals surface area contributed by atoms with Crippen molar-refractivity contribution in [3.05, 3.63) is 16.4 Å². The Morgan fingerprint density at radius 1 is 1.60 bits per heavy atom. The smallest absolute Gasteiger partial charge is 0.317 e. The molecule has 0 saturated carbocycles. The number of amides is 2. The van der Waals surface area contributed by atoms with E-state index in [1.165, 1.54) is 12.8 Å². The van der Waals surface area contributed by atoms with Gasteiger partial charge in [0.05, 0.1) is 16.7 Å². The van der Waals surface area contributed by atoms with Crippen LogP contribution in [0.2, 0.25) is 0 Å². The summed E-state index contributed by atoms with van der Waals surface area (Å²) in [6, 6.07) is 0.426. The van der Waals surface area contributed by atoms with Gasteiger partial charge in [0.1, 0.15) is 0 Å². The highest BCUT2D eigenvalue weighted by molar-refractivity contribution is 9.10. The molecule has 0 aromatic carbocycles. The number of aromatic nitrogens is 2. The number of carbonyl (C=O) groups is 1. The minimum atomic E-state index is -0.0529. The maximum Gasteiger partial charge on any atom is 0.317 e. The molecule has 2 heterocycles. The lowest BCUT2D eigenvalue weighted by molar-refractivity contribution is 0.189. The van der Waals surface area contributed by atoms with Crippen LogP contribution in [0.25, 0.3) is 0 Å². The molecule has 0 radical (unpaired) electrons. The first-order chi connectivity index (χ1) is 9.47. The molecule has 2 amide bonds. The van der Waals surface area contributed by atoms with Gasteiger partial charge in [0, 0.05) is 32.9 Å². The maximum absolute atomic E-state index is 12.1. The minimum Gasteiger partial charge on any atom is -0.332 e. The Morgan fingerprint density at radius 3 is 2.90 bits per heavy atom. The van der Waals surface area contributed by atoms with Gasteiger partial charge in [-0.05, 0) is 42.4 Å². The highest BCUT2D eigenvalue weighted by atomic mass is 79.9. The normalized spacial score (nSPS) is 19.3. The van der Waals surface area contributed by atoms with Crippen LogP contribution in [0.15, 0.2) is 10.7 Å². The van der Waals surface area contributed by atoms with Crippen molar-refractivity contribution in [3.63, 3.8) is 0 Å². The Hall–Kier alpha value is -1.08. The number of likely N-dealkylation sites (tertiary alicyclic amines) is 1. The molecule has 0 spiro atoms. The second-order valence-corrected chi connectivity index (χ2v) is 6.27. The number of hydrogen-bond acceptors (Lipinski definition) is 3. The van der Waals surface area contributed by atoms with Crippen molar-refractivity contribution < 1.29 is 4.79 Å². The Bertz CT molecular complexity index is 475. The fraction of sp³-hybridized carbons (Fsp3) is 0.692. The molecule has 1 fully saturated rings. The lowest BCUT2D eigenvalue weighted by Gasteiger charge is -2.25. The third-order valence-corrected chi connectivity index (χ3v) is 4.43. The molecule has 7 heteroatoms. The van der Waals surface area contributed by atoms with Crippen LogP contribution in [0.5, 0.6) is 0 Å². The average molecular weight is 344 g/mol. The van der Waals surface area contributed by atoms with Gasteiger partial charge in [-0.15, -0.1) is 0 Å². The first kappa shape index (κ1) is 15.3. The van der Waals surface area contributed by atoms with Crippen LogP contribution in [-0.2, 0) is 13.6 Å². The van der Waals surface area contributed by atoms with Crippen LogP contribution in [0, 0.1) is 0 Å². The van der Waals surface area contributed by atoms with Gasteiger partial charge in [0.2, 0.25) is 0 Å². The molecule has 2 rings (SSSR count). The molecular formula is C13H22BrN5O. The molecule has 1 aromatic rings. The summed E-state index contributed by atoms with van der Waals surface area (Å²) in [4.78, 5) is 16.1. The molecule has 1 saturated heterocycles. The molecule has 0 unspecified atom stereocenters. The van der Waals surface area contributed by atoms with Crippen molar-refractivity contribution in [1.82, 2.24) is 24.9 Å². The molecular weight excluding hydrogens is 322 g/mol. The second-order valence-electron chi connectivity index (χ2n) is 5.41. The number of nitrogens with zero attached hydrogens (tertiary/aromatic N) is 4. The first-order valence-corrected chi connectivity index (χ1v) is 7.64. The zero-order chi connectivity index (χ0) is 14.7. The van der Waals surface area contributed by atoms with Crippen molar-refractivity contribution in [3.8, 4) is 0 Å². The van der Waals surface area contributed by atoms with E-state index in [0.29, 0.717) is 12.6 Å². The summed E-state index contributed by atoms with van der Waals surface area (Å²) in [5.74, 6) is 0. The van der Waals surface area contributed by atoms with Crippen LogP contribution >= 0.6 is 15.9 Å². The molecule has 6 nitrogen and oxygen atoms in total. The van der Waals surface area contributed by atoms with E-state index in [2.05, 4.69) is 38.3 Å². The second kappa shape index (κ2) is 6.58. The number of urea groups is 1. The van der Waals surface area contributed by atoms with Gasteiger partial charge in [-0.3, -0.25) is 4.68 Å². The zero-order valence-corrected chi connectivity index (χ0v) is 13.9. The molecule has 1 aliphatic rings. The Labute approximate surface area is 128 Å². The fourth-order valence-corrected chi connectivity index (χ4v) is 3.04. The molecule has 0 bridgehead atoms. The molecule has 1 atom stereocenters. The highest BCUT2D eigenvalue weighted by Gasteiger charge is 2.23. The lowest BCUT2D eigenvalue weighted by atomic mass is 10.2. The van der Waals surface area contributed by atoms with Crippen molar-refractivity contribution in [2.75, 3.05) is 27.2 Å². The quantitative estimate of drug-likeness (QED) is 0.899. The summed E-state index contributed by atoms with van der Waals surface area (Å²) in [6.45, 7) is 2.33. The zero-order valence-electron chi connectivity index (χ0n) is 12.3. The van der Waals surface area contributed by atoms with E-state index in [-0.39, 0.29) is 6.03 Å². The van der Waals surface area contributed by atoms with E-state index >= 15 is 0 Å². The third kappa shape index (κ3) is 3.73. The van der Waals surface area contributed by atoms with Gasteiger partial charge in [0.25, 0.3) is 0 Å². The molecule has 112 valence electrons. The topological polar surface area (TPSA) is 53.4 Å². The number of aryl methyl sites for hydroxylation is 1. The van der Waals surface area contributed by atoms with Gasteiger partial charge in [0.15, 0.2) is 0 Å². The number of carbonyl (C=O) groups excluding carboxylic acids is 1. The van der Waals surface area contributed by atoms with E-state index in [9.17, 15) is 4.79 Å². The number of halogens is 1. The summed E-state index contributed by atoms with van der Waals surface area (Å²) < 4.78 is 2.64. The highest BCUT2D eigenvalue weighted by Crippen LogP contribution is 2.16. The van der Waals surface area contributed by atoms with E-state index in [0.717, 1.165) is 23.3 Å². The molecule has 1 aliphatic heterocycles. The van der Waals surface area contributed by atoms with E-state index < -0.39 is 0 Å². The third-order valence-electron chi connectivity index (χ3n) is 3.76. The van der Waals surface area contributed by atoms with Crippen molar-refractivity contribution >= 4 is 22.0 Å². The predicted octanol–water partition coefficient (Wildman–Crippen LogP) is 1.42. The summed E-state index contributed by atoms with van der Waals surface area (Å²) in [7, 11) is 5.82. The number of nitrogens with one attached hydrogen (secondary N) is 1. The van der Waals surface area contributed by atoms with Crippen molar-refractivity contribution in [1.29, 1.82) is 0 Å². The lowest BCUT2D eigenvalue weighted by Crippen LogP contribution is -2.43. The van der Waals surface area contributed by atoms with E-state index in [1.807, 2.05) is 20.3 Å². The van der Waals surface area contributed by atoms with Gasteiger partial charge in [-0.2, -0.15) is 5.10 Å². The number of hydrogen-bond donors (Lipinski definition) is 1. The number of rotatable bonds is 4. The Morgan fingerprint density at radius 2 is 2.35 bits per heavy atom. The Kier molecular flexibility index (Phi) is 5.04. The largest absolute Gasteiger partial charge is 0.332 e. The van der Waals surface area contributed by atoms with Crippen molar-refractivity contribution in [2.45, 2.75) is 25.4 Å². The standard InChI is InChI=1S/C13H22BrN5O/c1-17-6-4-5-10(17)8-18(2)13(20)15-7-12-11(14)9-19(3)16-12/h9-10H,4-8H2,1-3H3,(H,15,20)/t10-/m1/s1. The summed E-state index contributed by atoms with van der Waals surface area (Å²) in [6.07, 6.45) is 4.26. The van der Waals surface area contributed by atoms with Gasteiger partial charge >= 0.3 is 6.03 Å².